The smallest absolute Gasteiger partial charge is 0.271 e. The number of hydrogen-bond acceptors (Lipinski definition) is 5. The van der Waals surface area contributed by atoms with Crippen molar-refractivity contribution in [2.24, 2.45) is 4.99 Å². The zero-order chi connectivity index (χ0) is 29.1. The number of benzene rings is 5. The average molecular weight is 581 g/mol. The van der Waals surface area contributed by atoms with E-state index in [4.69, 9.17) is 14.5 Å². The molecule has 0 spiro atoms. The summed E-state index contributed by atoms with van der Waals surface area (Å²) in [7, 11) is 3.28. The van der Waals surface area contributed by atoms with Gasteiger partial charge in [-0.1, -0.05) is 90.2 Å². The van der Waals surface area contributed by atoms with Gasteiger partial charge in [0.2, 0.25) is 0 Å². The summed E-state index contributed by atoms with van der Waals surface area (Å²) in [6.45, 7) is 0. The summed E-state index contributed by atoms with van der Waals surface area (Å²) in [5.41, 5.74) is 6.55. The number of thiazole rings is 1. The first kappa shape index (κ1) is 25.7. The number of allylic oxidation sites excluding steroid dienone is 1. The van der Waals surface area contributed by atoms with E-state index in [0.29, 0.717) is 20.8 Å². The van der Waals surface area contributed by atoms with Crippen molar-refractivity contribution < 1.29 is 9.47 Å². The number of ether oxygens (including phenoxy) is 2. The molecule has 5 nitrogen and oxygen atoms in total. The summed E-state index contributed by atoms with van der Waals surface area (Å²) in [5, 5.41) is 4.54. The van der Waals surface area contributed by atoms with Gasteiger partial charge in [-0.2, -0.15) is 0 Å². The fourth-order valence-electron chi connectivity index (χ4n) is 6.68. The molecule has 0 N–H and O–H groups in total. The molecule has 1 aliphatic heterocycles. The minimum atomic E-state index is -0.300. The van der Waals surface area contributed by atoms with Crippen LogP contribution in [0.15, 0.2) is 112 Å². The van der Waals surface area contributed by atoms with E-state index in [1.807, 2.05) is 22.8 Å². The maximum Gasteiger partial charge on any atom is 0.271 e. The Morgan fingerprint density at radius 1 is 0.814 bits per heavy atom. The van der Waals surface area contributed by atoms with Gasteiger partial charge >= 0.3 is 0 Å². The zero-order valence-electron chi connectivity index (χ0n) is 23.8. The van der Waals surface area contributed by atoms with Crippen molar-refractivity contribution in [3.05, 3.63) is 145 Å². The number of aromatic nitrogens is 1. The van der Waals surface area contributed by atoms with E-state index >= 15 is 0 Å². The minimum Gasteiger partial charge on any atom is -0.493 e. The summed E-state index contributed by atoms with van der Waals surface area (Å²) in [4.78, 5) is 20.4. The molecule has 6 heteroatoms. The highest BCUT2D eigenvalue weighted by molar-refractivity contribution is 7.07. The number of methoxy groups -OCH3 is 2. The quantitative estimate of drug-likeness (QED) is 0.220. The molecule has 8 rings (SSSR count). The van der Waals surface area contributed by atoms with Crippen LogP contribution in [0.2, 0.25) is 0 Å². The van der Waals surface area contributed by atoms with Crippen molar-refractivity contribution >= 4 is 44.7 Å². The van der Waals surface area contributed by atoms with Gasteiger partial charge in [0, 0.05) is 5.56 Å². The molecule has 43 heavy (non-hydrogen) atoms. The molecule has 0 amide bonds. The average Bonchev–Trinajstić information content (AvgIpc) is 3.37. The normalized spacial score (nSPS) is 16.0. The molecule has 1 aliphatic carbocycles. The van der Waals surface area contributed by atoms with Gasteiger partial charge in [0.05, 0.1) is 30.5 Å². The molecule has 5 aromatic carbocycles. The van der Waals surface area contributed by atoms with Gasteiger partial charge in [-0.25, -0.2) is 4.99 Å². The molecule has 1 aromatic heterocycles. The van der Waals surface area contributed by atoms with Gasteiger partial charge < -0.3 is 9.47 Å². The van der Waals surface area contributed by atoms with Crippen molar-refractivity contribution in [1.82, 2.24) is 4.57 Å². The van der Waals surface area contributed by atoms with Crippen LogP contribution < -0.4 is 24.4 Å². The molecule has 0 saturated carbocycles. The van der Waals surface area contributed by atoms with Crippen LogP contribution in [0.5, 0.6) is 11.5 Å². The number of fused-ring (bicyclic) bond motifs is 5. The van der Waals surface area contributed by atoms with Crippen molar-refractivity contribution in [3.63, 3.8) is 0 Å². The van der Waals surface area contributed by atoms with Crippen LogP contribution >= 0.6 is 11.3 Å². The van der Waals surface area contributed by atoms with Crippen molar-refractivity contribution in [2.45, 2.75) is 18.9 Å². The maximum atomic E-state index is 14.5. The van der Waals surface area contributed by atoms with Crippen LogP contribution in [0.4, 0.5) is 0 Å². The lowest BCUT2D eigenvalue weighted by molar-refractivity contribution is 0.354. The number of aryl methyl sites for hydroxylation is 1. The van der Waals surface area contributed by atoms with Gasteiger partial charge in [0.25, 0.3) is 5.56 Å². The molecule has 210 valence electrons. The van der Waals surface area contributed by atoms with Crippen LogP contribution in [0, 0.1) is 0 Å². The van der Waals surface area contributed by atoms with Crippen LogP contribution in [0.25, 0.3) is 33.3 Å². The third kappa shape index (κ3) is 4.05. The molecule has 0 saturated heterocycles. The highest BCUT2D eigenvalue weighted by atomic mass is 32.1. The summed E-state index contributed by atoms with van der Waals surface area (Å²) in [6.07, 6.45) is 3.80. The van der Waals surface area contributed by atoms with Crippen molar-refractivity contribution in [2.75, 3.05) is 14.2 Å². The molecule has 0 fully saturated rings. The SMILES string of the molecule is COc1ccc(C2C3=C(N=c4s/c(=C\c5c6ccccc6cc6ccccc56)c(=O)n42)c2ccccc2CC3)cc1OC. The van der Waals surface area contributed by atoms with Crippen LogP contribution in [0.1, 0.15) is 34.7 Å². The van der Waals surface area contributed by atoms with Gasteiger partial charge in [-0.05, 0) is 80.9 Å². The highest BCUT2D eigenvalue weighted by Crippen LogP contribution is 2.43. The second kappa shape index (κ2) is 10.1. The third-order valence-electron chi connectivity index (χ3n) is 8.68. The predicted octanol–water partition coefficient (Wildman–Crippen LogP) is 6.64. The second-order valence-electron chi connectivity index (χ2n) is 11.0. The van der Waals surface area contributed by atoms with Crippen LogP contribution in [-0.4, -0.2) is 18.8 Å². The molecular formula is C37H28N2O3S. The Morgan fingerprint density at radius 2 is 1.51 bits per heavy atom. The fraction of sp³-hybridized carbons (Fsp3) is 0.135. The van der Waals surface area contributed by atoms with E-state index in [1.54, 1.807) is 14.2 Å². The van der Waals surface area contributed by atoms with E-state index in [1.165, 1.54) is 16.9 Å². The van der Waals surface area contributed by atoms with E-state index in [2.05, 4.69) is 84.9 Å². The van der Waals surface area contributed by atoms with Gasteiger partial charge in [0.1, 0.15) is 0 Å². The van der Waals surface area contributed by atoms with Crippen LogP contribution in [-0.2, 0) is 6.42 Å². The molecular weight excluding hydrogens is 552 g/mol. The lowest BCUT2D eigenvalue weighted by Gasteiger charge is -2.31. The predicted molar refractivity (Wildman–Crippen MR) is 174 cm³/mol. The molecule has 0 radical (unpaired) electrons. The van der Waals surface area contributed by atoms with E-state index < -0.39 is 0 Å². The Balaban J connectivity index is 1.42. The molecule has 2 heterocycles. The summed E-state index contributed by atoms with van der Waals surface area (Å²) < 4.78 is 13.8. The van der Waals surface area contributed by atoms with Crippen molar-refractivity contribution in [1.29, 1.82) is 0 Å². The monoisotopic (exact) mass is 580 g/mol. The van der Waals surface area contributed by atoms with Crippen LogP contribution in [0.3, 0.4) is 0 Å². The summed E-state index contributed by atoms with van der Waals surface area (Å²) in [5.74, 6) is 1.30. The minimum absolute atomic E-state index is 0.0361. The van der Waals surface area contributed by atoms with E-state index in [-0.39, 0.29) is 11.6 Å². The molecule has 2 aliphatic rings. The Bertz CT molecular complexity index is 2260. The Morgan fingerprint density at radius 3 is 2.26 bits per heavy atom. The number of rotatable bonds is 4. The first-order chi connectivity index (χ1) is 21.1. The fourth-order valence-corrected chi connectivity index (χ4v) is 7.66. The topological polar surface area (TPSA) is 52.8 Å². The zero-order valence-corrected chi connectivity index (χ0v) is 24.7. The standard InChI is InChI=1S/C37H28N2O3S/c1-41-31-18-16-25(20-32(31)42-2)35-29-17-15-22-9-3-8-14-28(22)34(29)38-37-39(35)36(40)33(43-37)21-30-26-12-6-4-10-23(26)19-24-11-5-7-13-27(24)30/h3-14,16,18-21,35H,15,17H2,1-2H3/b33-21-. The molecule has 6 aromatic rings. The highest BCUT2D eigenvalue weighted by Gasteiger charge is 2.33. The molecule has 0 bridgehead atoms. The summed E-state index contributed by atoms with van der Waals surface area (Å²) in [6, 6.07) is 33.1. The Kier molecular flexibility index (Phi) is 6.05. The number of hydrogen-bond donors (Lipinski definition) is 0. The first-order valence-electron chi connectivity index (χ1n) is 14.4. The van der Waals surface area contributed by atoms with E-state index in [9.17, 15) is 4.79 Å². The third-order valence-corrected chi connectivity index (χ3v) is 9.67. The second-order valence-corrected chi connectivity index (χ2v) is 12.0. The van der Waals surface area contributed by atoms with E-state index in [0.717, 1.165) is 62.3 Å². The van der Waals surface area contributed by atoms with Gasteiger partial charge in [-0.15, -0.1) is 0 Å². The lowest BCUT2D eigenvalue weighted by Crippen LogP contribution is -2.38. The number of nitrogens with zero attached hydrogens (tertiary/aromatic N) is 2. The van der Waals surface area contributed by atoms with Crippen molar-refractivity contribution in [3.8, 4) is 11.5 Å². The van der Waals surface area contributed by atoms with Gasteiger partial charge in [-0.3, -0.25) is 9.36 Å². The largest absolute Gasteiger partial charge is 0.493 e. The first-order valence-corrected chi connectivity index (χ1v) is 15.2. The maximum absolute atomic E-state index is 14.5. The molecule has 1 unspecified atom stereocenters. The Hall–Kier alpha value is -4.94. The lowest BCUT2D eigenvalue weighted by atomic mass is 9.83. The molecule has 1 atom stereocenters. The Labute approximate surface area is 252 Å². The summed E-state index contributed by atoms with van der Waals surface area (Å²) >= 11 is 1.46. The van der Waals surface area contributed by atoms with Gasteiger partial charge in [0.15, 0.2) is 16.3 Å².